The van der Waals surface area contributed by atoms with Gasteiger partial charge in [0.1, 0.15) is 11.5 Å². The van der Waals surface area contributed by atoms with Crippen LogP contribution in [0.3, 0.4) is 0 Å². The Morgan fingerprint density at radius 1 is 0.947 bits per heavy atom. The van der Waals surface area contributed by atoms with Gasteiger partial charge in [0.2, 0.25) is 6.79 Å². The molecule has 1 aliphatic heterocycles. The molecule has 0 saturated heterocycles. The van der Waals surface area contributed by atoms with E-state index in [0.717, 1.165) is 22.2 Å². The first-order chi connectivity index (χ1) is 18.5. The summed E-state index contributed by atoms with van der Waals surface area (Å²) in [4.78, 5) is 18.9. The van der Waals surface area contributed by atoms with E-state index in [4.69, 9.17) is 14.2 Å². The zero-order valence-corrected chi connectivity index (χ0v) is 20.8. The van der Waals surface area contributed by atoms with Gasteiger partial charge < -0.3 is 40.0 Å². The van der Waals surface area contributed by atoms with Gasteiger partial charge in [0.05, 0.1) is 18.7 Å². The molecule has 38 heavy (non-hydrogen) atoms. The van der Waals surface area contributed by atoms with Crippen LogP contribution in [0.5, 0.6) is 23.1 Å². The molecule has 5 rings (SSSR count). The van der Waals surface area contributed by atoms with Crippen molar-refractivity contribution >= 4 is 34.0 Å². The Hall–Kier alpha value is -4.54. The molecule has 10 heteroatoms. The van der Waals surface area contributed by atoms with Gasteiger partial charge in [0.15, 0.2) is 5.75 Å². The fourth-order valence-corrected chi connectivity index (χ4v) is 4.17. The molecule has 1 aromatic heterocycles. The van der Waals surface area contributed by atoms with Crippen LogP contribution in [0, 0.1) is 6.92 Å². The number of aromatic nitrogens is 1. The van der Waals surface area contributed by atoms with E-state index in [1.54, 1.807) is 36.4 Å². The number of fused-ring (bicyclic) bond motifs is 2. The van der Waals surface area contributed by atoms with Crippen LogP contribution >= 0.6 is 0 Å². The maximum atomic E-state index is 12.5. The normalized spacial score (nSPS) is 11.9. The first-order valence-corrected chi connectivity index (χ1v) is 12.2. The van der Waals surface area contributed by atoms with Crippen LogP contribution in [0.25, 0.3) is 10.9 Å². The number of urea groups is 1. The standard InChI is InChI=1S/C28H28N4O6/c1-18-14-24-23(16-26-27(31-24)37-17-36-26)25(15-18)38-22-8-4-20(5-9-22)30-28(35)29-19-2-6-21(7-3-19)32(10-12-33)11-13-34/h2-9,14-16,33-34H,10-13,17H2,1H3,(H2,29,30,35). The minimum atomic E-state index is -0.388. The summed E-state index contributed by atoms with van der Waals surface area (Å²) in [5, 5.41) is 24.8. The number of aliphatic hydroxyl groups is 2. The number of rotatable bonds is 9. The molecule has 0 saturated carbocycles. The van der Waals surface area contributed by atoms with E-state index < -0.39 is 0 Å². The number of ether oxygens (including phenoxy) is 3. The Kier molecular flexibility index (Phi) is 7.43. The number of amides is 2. The maximum absolute atomic E-state index is 12.5. The van der Waals surface area contributed by atoms with Crippen molar-refractivity contribution in [2.45, 2.75) is 6.92 Å². The van der Waals surface area contributed by atoms with Crippen molar-refractivity contribution in [3.63, 3.8) is 0 Å². The summed E-state index contributed by atoms with van der Waals surface area (Å²) in [6.45, 7) is 2.91. The highest BCUT2D eigenvalue weighted by molar-refractivity contribution is 5.99. The van der Waals surface area contributed by atoms with Gasteiger partial charge in [-0.25, -0.2) is 9.78 Å². The van der Waals surface area contributed by atoms with Crippen molar-refractivity contribution in [1.29, 1.82) is 0 Å². The molecule has 2 heterocycles. The predicted molar refractivity (Wildman–Crippen MR) is 145 cm³/mol. The van der Waals surface area contributed by atoms with Gasteiger partial charge >= 0.3 is 6.03 Å². The first-order valence-electron chi connectivity index (χ1n) is 12.2. The molecule has 0 aliphatic carbocycles. The van der Waals surface area contributed by atoms with Crippen molar-refractivity contribution in [2.75, 3.05) is 48.6 Å². The van der Waals surface area contributed by atoms with Gasteiger partial charge in [-0.15, -0.1) is 0 Å². The topological polar surface area (TPSA) is 125 Å². The number of aliphatic hydroxyl groups excluding tert-OH is 2. The molecule has 4 aromatic rings. The van der Waals surface area contributed by atoms with Crippen molar-refractivity contribution < 1.29 is 29.2 Å². The molecule has 0 unspecified atom stereocenters. The van der Waals surface area contributed by atoms with Crippen LogP contribution in [-0.2, 0) is 0 Å². The molecule has 0 spiro atoms. The zero-order chi connectivity index (χ0) is 26.5. The number of aryl methyl sites for hydroxylation is 1. The third-order valence-corrected chi connectivity index (χ3v) is 5.95. The summed E-state index contributed by atoms with van der Waals surface area (Å²) in [5.74, 6) is 2.30. The SMILES string of the molecule is Cc1cc(Oc2ccc(NC(=O)Nc3ccc(N(CCO)CCO)cc3)cc2)c2cc3c(nc2c1)OCO3. The van der Waals surface area contributed by atoms with Gasteiger partial charge in [-0.05, 0) is 79.2 Å². The number of hydrogen-bond donors (Lipinski definition) is 4. The van der Waals surface area contributed by atoms with Crippen molar-refractivity contribution in [2.24, 2.45) is 0 Å². The lowest BCUT2D eigenvalue weighted by molar-refractivity contribution is 0.171. The van der Waals surface area contributed by atoms with Crippen molar-refractivity contribution in [3.8, 4) is 23.1 Å². The van der Waals surface area contributed by atoms with Crippen LogP contribution < -0.4 is 29.7 Å². The van der Waals surface area contributed by atoms with Crippen LogP contribution in [0.2, 0.25) is 0 Å². The van der Waals surface area contributed by atoms with E-state index in [2.05, 4.69) is 15.6 Å². The summed E-state index contributed by atoms with van der Waals surface area (Å²) in [7, 11) is 0. The summed E-state index contributed by atoms with van der Waals surface area (Å²) < 4.78 is 17.0. The highest BCUT2D eigenvalue weighted by Gasteiger charge is 2.18. The van der Waals surface area contributed by atoms with Crippen molar-refractivity contribution in [3.05, 3.63) is 72.3 Å². The quantitative estimate of drug-likeness (QED) is 0.256. The van der Waals surface area contributed by atoms with E-state index in [1.165, 1.54) is 0 Å². The molecule has 196 valence electrons. The lowest BCUT2D eigenvalue weighted by atomic mass is 10.1. The second-order valence-electron chi connectivity index (χ2n) is 8.71. The van der Waals surface area contributed by atoms with Gasteiger partial charge in [-0.2, -0.15) is 0 Å². The molecule has 1 aliphatic rings. The molecule has 3 aromatic carbocycles. The second-order valence-corrected chi connectivity index (χ2v) is 8.71. The number of benzene rings is 3. The number of nitrogens with zero attached hydrogens (tertiary/aromatic N) is 2. The summed E-state index contributed by atoms with van der Waals surface area (Å²) in [6.07, 6.45) is 0. The van der Waals surface area contributed by atoms with E-state index in [1.807, 2.05) is 42.2 Å². The molecule has 10 nitrogen and oxygen atoms in total. The van der Waals surface area contributed by atoms with Crippen LogP contribution in [0.4, 0.5) is 21.9 Å². The Morgan fingerprint density at radius 2 is 1.61 bits per heavy atom. The number of carbonyl (C=O) groups is 1. The molecule has 4 N–H and O–H groups in total. The number of carbonyl (C=O) groups excluding carboxylic acids is 1. The maximum Gasteiger partial charge on any atom is 0.323 e. The Morgan fingerprint density at radius 3 is 2.26 bits per heavy atom. The second kappa shape index (κ2) is 11.2. The van der Waals surface area contributed by atoms with Crippen molar-refractivity contribution in [1.82, 2.24) is 4.98 Å². The third-order valence-electron chi connectivity index (χ3n) is 5.95. The van der Waals surface area contributed by atoms with Gasteiger partial charge in [0, 0.05) is 35.5 Å². The molecular formula is C28H28N4O6. The highest BCUT2D eigenvalue weighted by atomic mass is 16.7. The monoisotopic (exact) mass is 516 g/mol. The molecule has 0 fully saturated rings. The minimum absolute atomic E-state index is 0.0167. The molecular weight excluding hydrogens is 488 g/mol. The largest absolute Gasteiger partial charge is 0.457 e. The smallest absolute Gasteiger partial charge is 0.323 e. The van der Waals surface area contributed by atoms with E-state index in [-0.39, 0.29) is 26.0 Å². The lowest BCUT2D eigenvalue weighted by Crippen LogP contribution is -2.29. The van der Waals surface area contributed by atoms with Gasteiger partial charge in [-0.3, -0.25) is 0 Å². The average Bonchev–Trinajstić information content (AvgIpc) is 3.36. The highest BCUT2D eigenvalue weighted by Crippen LogP contribution is 2.38. The molecule has 0 bridgehead atoms. The molecule has 0 radical (unpaired) electrons. The van der Waals surface area contributed by atoms with E-state index >= 15 is 0 Å². The molecule has 2 amide bonds. The van der Waals surface area contributed by atoms with E-state index in [9.17, 15) is 15.0 Å². The minimum Gasteiger partial charge on any atom is -0.457 e. The zero-order valence-electron chi connectivity index (χ0n) is 20.8. The fourth-order valence-electron chi connectivity index (χ4n) is 4.17. The van der Waals surface area contributed by atoms with Crippen LogP contribution in [-0.4, -0.2) is 54.3 Å². The fraction of sp³-hybridized carbons (Fsp3) is 0.214. The Labute approximate surface area is 219 Å². The van der Waals surface area contributed by atoms with Crippen LogP contribution in [0.1, 0.15) is 5.56 Å². The number of nitrogens with one attached hydrogen (secondary N) is 2. The number of pyridine rings is 1. The summed E-state index contributed by atoms with van der Waals surface area (Å²) >= 11 is 0. The lowest BCUT2D eigenvalue weighted by Gasteiger charge is -2.23. The van der Waals surface area contributed by atoms with E-state index in [0.29, 0.717) is 47.6 Å². The number of anilines is 3. The third kappa shape index (κ3) is 5.72. The first kappa shape index (κ1) is 25.1. The number of hydrogen-bond acceptors (Lipinski definition) is 8. The summed E-state index contributed by atoms with van der Waals surface area (Å²) in [5.41, 5.74) is 3.80. The van der Waals surface area contributed by atoms with Gasteiger partial charge in [0.25, 0.3) is 5.88 Å². The summed E-state index contributed by atoms with van der Waals surface area (Å²) in [6, 6.07) is 19.6. The van der Waals surface area contributed by atoms with Gasteiger partial charge in [-0.1, -0.05) is 0 Å². The van der Waals surface area contributed by atoms with Crippen LogP contribution in [0.15, 0.2) is 66.7 Å². The Balaban J connectivity index is 1.22. The Bertz CT molecular complexity index is 1420. The molecule has 0 atom stereocenters. The predicted octanol–water partition coefficient (Wildman–Crippen LogP) is 4.50. The average molecular weight is 517 g/mol.